The Morgan fingerprint density at radius 3 is 2.55 bits per heavy atom. The number of rotatable bonds is 0. The van der Waals surface area contributed by atoms with E-state index in [1.807, 2.05) is 0 Å². The molecule has 2 aliphatic rings. The third-order valence-corrected chi connectivity index (χ3v) is 3.31. The van der Waals surface area contributed by atoms with Crippen LogP contribution in [0.25, 0.3) is 0 Å². The summed E-state index contributed by atoms with van der Waals surface area (Å²) in [6, 6.07) is 0. The van der Waals surface area contributed by atoms with Crippen LogP contribution in [0.2, 0.25) is 0 Å². The van der Waals surface area contributed by atoms with Crippen molar-refractivity contribution in [2.24, 2.45) is 5.92 Å². The lowest BCUT2D eigenvalue weighted by Crippen LogP contribution is -2.55. The van der Waals surface area contributed by atoms with Crippen molar-refractivity contribution in [2.45, 2.75) is 38.3 Å². The Morgan fingerprint density at radius 2 is 1.91 bits per heavy atom. The second-order valence-electron chi connectivity index (χ2n) is 3.97. The third kappa shape index (κ3) is 1.18. The molecule has 0 amide bonds. The van der Waals surface area contributed by atoms with E-state index < -0.39 is 0 Å². The van der Waals surface area contributed by atoms with Gasteiger partial charge in [-0.1, -0.05) is 19.8 Å². The first-order valence-electron chi connectivity index (χ1n) is 4.83. The Morgan fingerprint density at radius 1 is 1.18 bits per heavy atom. The van der Waals surface area contributed by atoms with Crippen LogP contribution < -0.4 is 10.6 Å². The highest BCUT2D eigenvalue weighted by Crippen LogP contribution is 2.32. The van der Waals surface area contributed by atoms with Gasteiger partial charge in [-0.15, -0.1) is 0 Å². The van der Waals surface area contributed by atoms with Gasteiger partial charge in [-0.3, -0.25) is 10.6 Å². The Labute approximate surface area is 68.7 Å². The number of hydrogen-bond acceptors (Lipinski definition) is 2. The molecule has 1 atom stereocenters. The minimum atomic E-state index is 0.332. The smallest absolute Gasteiger partial charge is 0.0714 e. The maximum atomic E-state index is 3.61. The Kier molecular flexibility index (Phi) is 1.90. The van der Waals surface area contributed by atoms with Crippen molar-refractivity contribution in [3.63, 3.8) is 0 Å². The molecule has 0 aromatic carbocycles. The minimum Gasteiger partial charge on any atom is -0.298 e. The SMILES string of the molecule is CC1CCCCC12NCCN2. The molecule has 0 radical (unpaired) electrons. The van der Waals surface area contributed by atoms with Gasteiger partial charge < -0.3 is 0 Å². The van der Waals surface area contributed by atoms with Crippen molar-refractivity contribution in [3.8, 4) is 0 Å². The van der Waals surface area contributed by atoms with E-state index in [2.05, 4.69) is 17.6 Å². The molecule has 11 heavy (non-hydrogen) atoms. The molecule has 2 heteroatoms. The van der Waals surface area contributed by atoms with Gasteiger partial charge in [0.2, 0.25) is 0 Å². The molecule has 1 saturated heterocycles. The minimum absolute atomic E-state index is 0.332. The van der Waals surface area contributed by atoms with Crippen LogP contribution in [0.1, 0.15) is 32.6 Å². The maximum absolute atomic E-state index is 3.61. The zero-order valence-electron chi connectivity index (χ0n) is 7.32. The van der Waals surface area contributed by atoms with Gasteiger partial charge in [0.15, 0.2) is 0 Å². The maximum Gasteiger partial charge on any atom is 0.0714 e. The van der Waals surface area contributed by atoms with Crippen LogP contribution in [-0.4, -0.2) is 18.8 Å². The van der Waals surface area contributed by atoms with Gasteiger partial charge in [0.05, 0.1) is 5.66 Å². The molecule has 1 unspecified atom stereocenters. The zero-order chi connectivity index (χ0) is 7.73. The van der Waals surface area contributed by atoms with Crippen LogP contribution in [0, 0.1) is 5.92 Å². The molecular weight excluding hydrogens is 136 g/mol. The summed E-state index contributed by atoms with van der Waals surface area (Å²) in [6.07, 6.45) is 5.53. The average Bonchev–Trinajstić information content (AvgIpc) is 2.46. The van der Waals surface area contributed by atoms with Crippen molar-refractivity contribution < 1.29 is 0 Å². The van der Waals surface area contributed by atoms with Crippen LogP contribution in [0.4, 0.5) is 0 Å². The van der Waals surface area contributed by atoms with E-state index in [9.17, 15) is 0 Å². The fourth-order valence-electron chi connectivity index (χ4n) is 2.51. The quantitative estimate of drug-likeness (QED) is 0.545. The molecule has 2 rings (SSSR count). The molecule has 1 heterocycles. The van der Waals surface area contributed by atoms with Gasteiger partial charge in [-0.05, 0) is 18.8 Å². The van der Waals surface area contributed by atoms with E-state index in [0.717, 1.165) is 19.0 Å². The van der Waals surface area contributed by atoms with Crippen LogP contribution in [0.3, 0.4) is 0 Å². The highest BCUT2D eigenvalue weighted by Gasteiger charge is 2.39. The number of hydrogen-bond donors (Lipinski definition) is 2. The second kappa shape index (κ2) is 2.76. The van der Waals surface area contributed by atoms with Gasteiger partial charge in [0, 0.05) is 13.1 Å². The molecule has 2 N–H and O–H groups in total. The monoisotopic (exact) mass is 154 g/mol. The van der Waals surface area contributed by atoms with Crippen LogP contribution in [0.5, 0.6) is 0 Å². The predicted octanol–water partition coefficient (Wildman–Crippen LogP) is 1.09. The van der Waals surface area contributed by atoms with Crippen LogP contribution in [0.15, 0.2) is 0 Å². The highest BCUT2D eigenvalue weighted by molar-refractivity contribution is 4.96. The molecule has 0 aromatic heterocycles. The second-order valence-corrected chi connectivity index (χ2v) is 3.97. The van der Waals surface area contributed by atoms with Gasteiger partial charge in [-0.25, -0.2) is 0 Å². The van der Waals surface area contributed by atoms with E-state index in [1.165, 1.54) is 25.7 Å². The molecule has 64 valence electrons. The highest BCUT2D eigenvalue weighted by atomic mass is 15.3. The molecular formula is C9H18N2. The van der Waals surface area contributed by atoms with E-state index >= 15 is 0 Å². The number of nitrogens with one attached hydrogen (secondary N) is 2. The summed E-state index contributed by atoms with van der Waals surface area (Å²) in [7, 11) is 0. The molecule has 2 nitrogen and oxygen atoms in total. The summed E-state index contributed by atoms with van der Waals surface area (Å²) in [5.74, 6) is 0.818. The lowest BCUT2D eigenvalue weighted by molar-refractivity contribution is 0.154. The molecule has 0 bridgehead atoms. The molecule has 1 aliphatic heterocycles. The third-order valence-electron chi connectivity index (χ3n) is 3.31. The van der Waals surface area contributed by atoms with Crippen molar-refractivity contribution in [2.75, 3.05) is 13.1 Å². The van der Waals surface area contributed by atoms with Gasteiger partial charge in [-0.2, -0.15) is 0 Å². The van der Waals surface area contributed by atoms with E-state index in [4.69, 9.17) is 0 Å². The van der Waals surface area contributed by atoms with E-state index in [-0.39, 0.29) is 0 Å². The zero-order valence-corrected chi connectivity index (χ0v) is 7.32. The van der Waals surface area contributed by atoms with Gasteiger partial charge >= 0.3 is 0 Å². The molecule has 1 saturated carbocycles. The fraction of sp³-hybridized carbons (Fsp3) is 1.00. The van der Waals surface area contributed by atoms with E-state index in [0.29, 0.717) is 5.66 Å². The van der Waals surface area contributed by atoms with Crippen molar-refractivity contribution in [3.05, 3.63) is 0 Å². The summed E-state index contributed by atoms with van der Waals surface area (Å²) >= 11 is 0. The Hall–Kier alpha value is -0.0800. The van der Waals surface area contributed by atoms with Crippen molar-refractivity contribution in [1.82, 2.24) is 10.6 Å². The van der Waals surface area contributed by atoms with Crippen LogP contribution in [-0.2, 0) is 0 Å². The predicted molar refractivity (Wildman–Crippen MR) is 46.4 cm³/mol. The molecule has 1 spiro atoms. The van der Waals surface area contributed by atoms with E-state index in [1.54, 1.807) is 0 Å². The summed E-state index contributed by atoms with van der Waals surface area (Å²) in [5.41, 5.74) is 0.332. The topological polar surface area (TPSA) is 24.1 Å². The normalized spacial score (nSPS) is 36.3. The largest absolute Gasteiger partial charge is 0.298 e. The van der Waals surface area contributed by atoms with Crippen LogP contribution >= 0.6 is 0 Å². The van der Waals surface area contributed by atoms with Gasteiger partial charge in [0.1, 0.15) is 0 Å². The summed E-state index contributed by atoms with van der Waals surface area (Å²) in [4.78, 5) is 0. The summed E-state index contributed by atoms with van der Waals surface area (Å²) < 4.78 is 0. The first-order chi connectivity index (χ1) is 5.33. The Bertz CT molecular complexity index is 138. The molecule has 0 aromatic rings. The first kappa shape index (κ1) is 7.56. The van der Waals surface area contributed by atoms with Gasteiger partial charge in [0.25, 0.3) is 0 Å². The standard InChI is InChI=1S/C9H18N2/c1-8-4-2-3-5-9(8)10-6-7-11-9/h8,10-11H,2-7H2,1H3. The lowest BCUT2D eigenvalue weighted by Gasteiger charge is -2.39. The lowest BCUT2D eigenvalue weighted by atomic mass is 9.80. The van der Waals surface area contributed by atoms with Crippen molar-refractivity contribution in [1.29, 1.82) is 0 Å². The summed E-state index contributed by atoms with van der Waals surface area (Å²) in [6.45, 7) is 4.68. The first-order valence-corrected chi connectivity index (χ1v) is 4.83. The molecule has 2 fully saturated rings. The summed E-state index contributed by atoms with van der Waals surface area (Å²) in [5, 5.41) is 7.22. The fourth-order valence-corrected chi connectivity index (χ4v) is 2.51. The Balaban J connectivity index is 2.07. The average molecular weight is 154 g/mol. The molecule has 1 aliphatic carbocycles. The van der Waals surface area contributed by atoms with Crippen molar-refractivity contribution >= 4 is 0 Å².